The molecule has 1 nitrogen and oxygen atoms in total. The molecule has 2 fully saturated rings. The number of aryl methyl sites for hydroxylation is 4. The third-order valence-corrected chi connectivity index (χ3v) is 7.58. The Balaban J connectivity index is 1.84. The highest BCUT2D eigenvalue weighted by Gasteiger charge is 2.28. The van der Waals surface area contributed by atoms with Crippen molar-refractivity contribution in [2.24, 2.45) is 0 Å². The van der Waals surface area contributed by atoms with Gasteiger partial charge in [-0.05, 0) is 99.6 Å². The van der Waals surface area contributed by atoms with Gasteiger partial charge in [-0.25, -0.2) is 0 Å². The minimum absolute atomic E-state index is 0.273. The molecule has 0 unspecified atom stereocenters. The molecule has 0 N–H and O–H groups in total. The zero-order valence-corrected chi connectivity index (χ0v) is 19.4. The van der Waals surface area contributed by atoms with Crippen molar-refractivity contribution in [2.75, 3.05) is 0 Å². The second-order valence-corrected chi connectivity index (χ2v) is 10.1. The van der Waals surface area contributed by atoms with Gasteiger partial charge >= 0.3 is 0 Å². The lowest BCUT2D eigenvalue weighted by molar-refractivity contribution is 0.103. The third kappa shape index (κ3) is 4.27. The minimum atomic E-state index is 0.273. The van der Waals surface area contributed by atoms with Crippen LogP contribution in [0.25, 0.3) is 0 Å². The van der Waals surface area contributed by atoms with Gasteiger partial charge in [0.1, 0.15) is 0 Å². The molecule has 4 rings (SSSR count). The number of hydrogen-bond donors (Lipinski definition) is 0. The molecule has 0 bridgehead atoms. The van der Waals surface area contributed by atoms with Gasteiger partial charge in [0, 0.05) is 11.1 Å². The summed E-state index contributed by atoms with van der Waals surface area (Å²) in [6, 6.07) is 8.93. The van der Waals surface area contributed by atoms with E-state index in [9.17, 15) is 4.79 Å². The molecule has 2 aliphatic carbocycles. The van der Waals surface area contributed by atoms with Gasteiger partial charge in [-0.15, -0.1) is 0 Å². The second-order valence-electron chi connectivity index (χ2n) is 10.1. The van der Waals surface area contributed by atoms with Crippen LogP contribution in [0.15, 0.2) is 24.3 Å². The van der Waals surface area contributed by atoms with E-state index in [1.807, 2.05) is 0 Å². The van der Waals surface area contributed by atoms with Gasteiger partial charge in [0.2, 0.25) is 0 Å². The molecule has 2 aromatic rings. The summed E-state index contributed by atoms with van der Waals surface area (Å²) in [5, 5.41) is 0. The van der Waals surface area contributed by atoms with Crippen molar-refractivity contribution in [3.63, 3.8) is 0 Å². The predicted molar refractivity (Wildman–Crippen MR) is 127 cm³/mol. The van der Waals surface area contributed by atoms with E-state index in [1.165, 1.54) is 97.6 Å². The van der Waals surface area contributed by atoms with Crippen LogP contribution in [0, 0.1) is 27.7 Å². The Morgan fingerprint density at radius 2 is 0.967 bits per heavy atom. The molecule has 2 aliphatic rings. The summed E-state index contributed by atoms with van der Waals surface area (Å²) < 4.78 is 0. The van der Waals surface area contributed by atoms with Crippen molar-refractivity contribution in [1.29, 1.82) is 0 Å². The Bertz CT molecular complexity index is 848. The van der Waals surface area contributed by atoms with E-state index in [1.54, 1.807) is 0 Å². The van der Waals surface area contributed by atoms with Crippen molar-refractivity contribution in [2.45, 2.75) is 104 Å². The summed E-state index contributed by atoms with van der Waals surface area (Å²) in [5.74, 6) is 1.36. The van der Waals surface area contributed by atoms with Crippen LogP contribution in [0.1, 0.15) is 125 Å². The van der Waals surface area contributed by atoms with Crippen molar-refractivity contribution in [3.05, 3.63) is 68.8 Å². The molecule has 2 saturated carbocycles. The van der Waals surface area contributed by atoms with Gasteiger partial charge < -0.3 is 0 Å². The zero-order chi connectivity index (χ0) is 21.3. The van der Waals surface area contributed by atoms with E-state index in [4.69, 9.17) is 0 Å². The number of carbonyl (C=O) groups is 1. The van der Waals surface area contributed by atoms with E-state index >= 15 is 0 Å². The number of hydrogen-bond acceptors (Lipinski definition) is 1. The van der Waals surface area contributed by atoms with Crippen LogP contribution >= 0.6 is 0 Å². The number of ketones is 1. The van der Waals surface area contributed by atoms with Gasteiger partial charge in [-0.1, -0.05) is 61.8 Å². The quantitative estimate of drug-likeness (QED) is 0.470. The summed E-state index contributed by atoms with van der Waals surface area (Å²) in [4.78, 5) is 14.2. The molecule has 30 heavy (non-hydrogen) atoms. The highest BCUT2D eigenvalue weighted by atomic mass is 16.1. The summed E-state index contributed by atoms with van der Waals surface area (Å²) in [6.07, 6.45) is 12.8. The first kappa shape index (κ1) is 21.3. The molecule has 0 saturated heterocycles. The number of carbonyl (C=O) groups excluding carboxylic acids is 1. The highest BCUT2D eigenvalue weighted by Crippen LogP contribution is 2.40. The van der Waals surface area contributed by atoms with Crippen LogP contribution in [0.3, 0.4) is 0 Å². The van der Waals surface area contributed by atoms with Gasteiger partial charge in [-0.2, -0.15) is 0 Å². The van der Waals surface area contributed by atoms with Crippen molar-refractivity contribution in [3.8, 4) is 0 Å². The molecule has 0 amide bonds. The SMILES string of the molecule is Cc1cc(C)c(C2CCCCC2)c(C(=O)c2cc(C)cc(C)c2C2CCCCC2)c1. The smallest absolute Gasteiger partial charge is 0.193 e. The zero-order valence-electron chi connectivity index (χ0n) is 19.4. The van der Waals surface area contributed by atoms with E-state index in [2.05, 4.69) is 52.0 Å². The minimum Gasteiger partial charge on any atom is -0.289 e. The van der Waals surface area contributed by atoms with Crippen LogP contribution in [-0.2, 0) is 0 Å². The first-order chi connectivity index (χ1) is 14.5. The number of benzene rings is 2. The number of rotatable bonds is 4. The maximum Gasteiger partial charge on any atom is 0.193 e. The lowest BCUT2D eigenvalue weighted by Crippen LogP contribution is -2.17. The van der Waals surface area contributed by atoms with Gasteiger partial charge in [0.25, 0.3) is 0 Å². The topological polar surface area (TPSA) is 17.1 Å². The van der Waals surface area contributed by atoms with Gasteiger partial charge in [0.05, 0.1) is 0 Å². The van der Waals surface area contributed by atoms with E-state index < -0.39 is 0 Å². The van der Waals surface area contributed by atoms with Crippen LogP contribution in [-0.4, -0.2) is 5.78 Å². The predicted octanol–water partition coefficient (Wildman–Crippen LogP) is 8.25. The molecule has 0 heterocycles. The average Bonchev–Trinajstić information content (AvgIpc) is 2.73. The third-order valence-electron chi connectivity index (χ3n) is 7.58. The molecule has 0 aromatic heterocycles. The lowest BCUT2D eigenvalue weighted by Gasteiger charge is -2.28. The molecule has 0 radical (unpaired) electrons. The normalized spacial score (nSPS) is 18.5. The van der Waals surface area contributed by atoms with Crippen LogP contribution in [0.4, 0.5) is 0 Å². The monoisotopic (exact) mass is 402 g/mol. The Morgan fingerprint density at radius 1 is 0.600 bits per heavy atom. The Labute approximate surface area is 183 Å². The second kappa shape index (κ2) is 9.08. The first-order valence-corrected chi connectivity index (χ1v) is 12.2. The largest absolute Gasteiger partial charge is 0.289 e. The molecule has 0 aliphatic heterocycles. The molecular formula is C29H38O. The Hall–Kier alpha value is -1.89. The van der Waals surface area contributed by atoms with E-state index in [0.717, 1.165) is 11.1 Å². The molecule has 0 atom stereocenters. The summed E-state index contributed by atoms with van der Waals surface area (Å²) >= 11 is 0. The van der Waals surface area contributed by atoms with E-state index in [0.29, 0.717) is 11.8 Å². The molecular weight excluding hydrogens is 364 g/mol. The van der Waals surface area contributed by atoms with Crippen molar-refractivity contribution in [1.82, 2.24) is 0 Å². The molecule has 2 aromatic carbocycles. The lowest BCUT2D eigenvalue weighted by atomic mass is 9.75. The van der Waals surface area contributed by atoms with Crippen molar-refractivity contribution >= 4 is 5.78 Å². The highest BCUT2D eigenvalue weighted by molar-refractivity contribution is 6.11. The maximum absolute atomic E-state index is 14.2. The first-order valence-electron chi connectivity index (χ1n) is 12.2. The molecule has 1 heteroatoms. The van der Waals surface area contributed by atoms with Crippen molar-refractivity contribution < 1.29 is 4.79 Å². The fraction of sp³-hybridized carbons (Fsp3) is 0.552. The Morgan fingerprint density at radius 3 is 1.33 bits per heavy atom. The van der Waals surface area contributed by atoms with Crippen LogP contribution in [0.5, 0.6) is 0 Å². The molecule has 0 spiro atoms. The standard InChI is InChI=1S/C29H38O/c1-19-15-21(3)27(23-11-7-5-8-12-23)25(17-19)29(30)26-18-20(2)16-22(4)28(26)24-13-9-6-10-14-24/h15-18,23-24H,5-14H2,1-4H3. The average molecular weight is 403 g/mol. The Kier molecular flexibility index (Phi) is 6.46. The maximum atomic E-state index is 14.2. The summed E-state index contributed by atoms with van der Waals surface area (Å²) in [7, 11) is 0. The van der Waals surface area contributed by atoms with E-state index in [-0.39, 0.29) is 5.78 Å². The fourth-order valence-electron chi connectivity index (χ4n) is 6.34. The summed E-state index contributed by atoms with van der Waals surface area (Å²) in [5.41, 5.74) is 9.71. The molecule has 160 valence electrons. The van der Waals surface area contributed by atoms with Crippen LogP contribution < -0.4 is 0 Å². The van der Waals surface area contributed by atoms with Crippen LogP contribution in [0.2, 0.25) is 0 Å². The fourth-order valence-corrected chi connectivity index (χ4v) is 6.34. The summed E-state index contributed by atoms with van der Waals surface area (Å²) in [6.45, 7) is 8.71. The van der Waals surface area contributed by atoms with Gasteiger partial charge in [-0.3, -0.25) is 4.79 Å². The van der Waals surface area contributed by atoms with Gasteiger partial charge in [0.15, 0.2) is 5.78 Å².